The first-order valence-electron chi connectivity index (χ1n) is 5.50. The van der Waals surface area contributed by atoms with Gasteiger partial charge in [-0.05, 0) is 12.8 Å². The molecule has 1 heterocycles. The molecule has 0 aromatic carbocycles. The Hall–Kier alpha value is -0.650. The Bertz CT molecular complexity index is 211. The number of amides is 1. The van der Waals surface area contributed by atoms with Crippen LogP contribution in [0.5, 0.6) is 0 Å². The molecular formula is C10H20N2O3. The van der Waals surface area contributed by atoms with Crippen molar-refractivity contribution in [2.75, 3.05) is 13.1 Å². The summed E-state index contributed by atoms with van der Waals surface area (Å²) >= 11 is 0. The van der Waals surface area contributed by atoms with Crippen LogP contribution in [0.25, 0.3) is 0 Å². The second kappa shape index (κ2) is 6.05. The van der Waals surface area contributed by atoms with Gasteiger partial charge in [0.2, 0.25) is 5.91 Å². The molecule has 4 N–H and O–H groups in total. The lowest BCUT2D eigenvalue weighted by molar-refractivity contribution is -0.123. The van der Waals surface area contributed by atoms with Gasteiger partial charge in [0.25, 0.3) is 0 Å². The molecule has 0 radical (unpaired) electrons. The van der Waals surface area contributed by atoms with E-state index in [1.165, 1.54) is 0 Å². The summed E-state index contributed by atoms with van der Waals surface area (Å²) in [6.07, 6.45) is 1.15. The summed E-state index contributed by atoms with van der Waals surface area (Å²) in [5, 5.41) is 24.2. The summed E-state index contributed by atoms with van der Waals surface area (Å²) in [4.78, 5) is 11.5. The maximum absolute atomic E-state index is 11.5. The van der Waals surface area contributed by atoms with Gasteiger partial charge in [0.15, 0.2) is 0 Å². The summed E-state index contributed by atoms with van der Waals surface area (Å²) in [6.45, 7) is 2.75. The first-order valence-corrected chi connectivity index (χ1v) is 5.50. The normalized spacial score (nSPS) is 27.7. The van der Waals surface area contributed by atoms with E-state index in [9.17, 15) is 15.0 Å². The van der Waals surface area contributed by atoms with E-state index < -0.39 is 12.2 Å². The average Bonchev–Trinajstić information content (AvgIpc) is 2.62. The first kappa shape index (κ1) is 12.4. The second-order valence-corrected chi connectivity index (χ2v) is 4.04. The van der Waals surface area contributed by atoms with Gasteiger partial charge in [-0.15, -0.1) is 0 Å². The lowest BCUT2D eigenvalue weighted by atomic mass is 10.1. The van der Waals surface area contributed by atoms with Gasteiger partial charge >= 0.3 is 0 Å². The summed E-state index contributed by atoms with van der Waals surface area (Å²) in [7, 11) is 0. The van der Waals surface area contributed by atoms with Crippen molar-refractivity contribution >= 4 is 5.91 Å². The molecule has 1 amide bonds. The highest BCUT2D eigenvalue weighted by atomic mass is 16.3. The summed E-state index contributed by atoms with van der Waals surface area (Å²) < 4.78 is 0. The molecule has 1 aliphatic heterocycles. The Morgan fingerprint density at radius 1 is 1.67 bits per heavy atom. The van der Waals surface area contributed by atoms with Crippen LogP contribution in [-0.2, 0) is 4.79 Å². The monoisotopic (exact) mass is 216 g/mol. The van der Waals surface area contributed by atoms with Gasteiger partial charge in [0.05, 0.1) is 18.2 Å². The lowest BCUT2D eigenvalue weighted by Gasteiger charge is -2.14. The summed E-state index contributed by atoms with van der Waals surface area (Å²) in [5.74, 6) is -0.137. The highest BCUT2D eigenvalue weighted by Crippen LogP contribution is 2.06. The van der Waals surface area contributed by atoms with Gasteiger partial charge in [-0.25, -0.2) is 0 Å². The van der Waals surface area contributed by atoms with Crippen LogP contribution in [0.15, 0.2) is 0 Å². The van der Waals surface area contributed by atoms with Crippen LogP contribution in [0, 0.1) is 0 Å². The molecule has 88 valence electrons. The first-order chi connectivity index (χ1) is 7.13. The van der Waals surface area contributed by atoms with E-state index in [4.69, 9.17) is 0 Å². The number of carbonyl (C=O) groups excluding carboxylic acids is 1. The minimum Gasteiger partial charge on any atom is -0.392 e. The van der Waals surface area contributed by atoms with Crippen LogP contribution in [0.3, 0.4) is 0 Å². The van der Waals surface area contributed by atoms with Gasteiger partial charge in [-0.2, -0.15) is 0 Å². The zero-order valence-electron chi connectivity index (χ0n) is 9.07. The quantitative estimate of drug-likeness (QED) is 0.474. The molecule has 1 rings (SSSR count). The van der Waals surface area contributed by atoms with Crippen LogP contribution < -0.4 is 10.6 Å². The molecule has 3 unspecified atom stereocenters. The summed E-state index contributed by atoms with van der Waals surface area (Å²) in [6, 6.07) is -0.311. The molecule has 15 heavy (non-hydrogen) atoms. The van der Waals surface area contributed by atoms with E-state index in [1.54, 1.807) is 0 Å². The number of β-amino-alcohol motifs (C(OH)–C–C–N with tert-alkyl or cyclic N) is 1. The van der Waals surface area contributed by atoms with Crippen LogP contribution in [0.2, 0.25) is 0 Å². The van der Waals surface area contributed by atoms with Crippen LogP contribution in [0.4, 0.5) is 0 Å². The van der Waals surface area contributed by atoms with E-state index in [2.05, 4.69) is 10.6 Å². The predicted molar refractivity (Wildman–Crippen MR) is 56.3 cm³/mol. The standard InChI is InChI=1S/C10H20N2O3/c1-2-3-7(13)5-12-10(15)9-4-8(14)6-11-9/h7-9,11,13-14H,2-6H2,1H3,(H,12,15). The van der Waals surface area contributed by atoms with Gasteiger partial charge in [-0.1, -0.05) is 13.3 Å². The van der Waals surface area contributed by atoms with Crippen LogP contribution in [0.1, 0.15) is 26.2 Å². The van der Waals surface area contributed by atoms with E-state index in [-0.39, 0.29) is 11.9 Å². The molecule has 5 heteroatoms. The number of nitrogens with one attached hydrogen (secondary N) is 2. The number of rotatable bonds is 5. The Morgan fingerprint density at radius 2 is 2.40 bits per heavy atom. The van der Waals surface area contributed by atoms with Crippen molar-refractivity contribution in [2.24, 2.45) is 0 Å². The molecule has 3 atom stereocenters. The van der Waals surface area contributed by atoms with Gasteiger partial charge in [0.1, 0.15) is 0 Å². The fraction of sp³-hybridized carbons (Fsp3) is 0.900. The third kappa shape index (κ3) is 4.15. The zero-order chi connectivity index (χ0) is 11.3. The molecule has 1 saturated heterocycles. The van der Waals surface area contributed by atoms with Gasteiger partial charge in [0, 0.05) is 13.1 Å². The predicted octanol–water partition coefficient (Wildman–Crippen LogP) is -1.01. The van der Waals surface area contributed by atoms with E-state index in [1.807, 2.05) is 6.92 Å². The molecule has 0 aromatic heterocycles. The summed E-state index contributed by atoms with van der Waals surface area (Å²) in [5.41, 5.74) is 0. The topological polar surface area (TPSA) is 81.6 Å². The van der Waals surface area contributed by atoms with Crippen molar-refractivity contribution < 1.29 is 15.0 Å². The number of aliphatic hydroxyl groups excluding tert-OH is 2. The molecule has 0 bridgehead atoms. The number of hydrogen-bond donors (Lipinski definition) is 4. The molecule has 0 saturated carbocycles. The van der Waals surface area contributed by atoms with Gasteiger partial charge < -0.3 is 20.8 Å². The van der Waals surface area contributed by atoms with E-state index in [0.717, 1.165) is 6.42 Å². The number of aliphatic hydroxyl groups is 2. The highest BCUT2D eigenvalue weighted by molar-refractivity contribution is 5.82. The molecule has 0 aromatic rings. The molecule has 0 spiro atoms. The minimum absolute atomic E-state index is 0.137. The average molecular weight is 216 g/mol. The fourth-order valence-corrected chi connectivity index (χ4v) is 1.69. The van der Waals surface area contributed by atoms with Crippen LogP contribution >= 0.6 is 0 Å². The van der Waals surface area contributed by atoms with E-state index >= 15 is 0 Å². The SMILES string of the molecule is CCCC(O)CNC(=O)C1CC(O)CN1. The fourth-order valence-electron chi connectivity index (χ4n) is 1.69. The van der Waals surface area contributed by atoms with Crippen molar-refractivity contribution in [2.45, 2.75) is 44.4 Å². The smallest absolute Gasteiger partial charge is 0.237 e. The Kier molecular flexibility index (Phi) is 5.01. The second-order valence-electron chi connectivity index (χ2n) is 4.04. The Balaban J connectivity index is 2.18. The number of hydrogen-bond acceptors (Lipinski definition) is 4. The molecule has 5 nitrogen and oxygen atoms in total. The molecule has 1 fully saturated rings. The van der Waals surface area contributed by atoms with Crippen LogP contribution in [-0.4, -0.2) is 47.5 Å². The lowest BCUT2D eigenvalue weighted by Crippen LogP contribution is -2.43. The molecule has 1 aliphatic rings. The van der Waals surface area contributed by atoms with Crippen molar-refractivity contribution in [1.82, 2.24) is 10.6 Å². The molecular weight excluding hydrogens is 196 g/mol. The Morgan fingerprint density at radius 3 is 2.93 bits per heavy atom. The third-order valence-corrected chi connectivity index (χ3v) is 2.56. The molecule has 0 aliphatic carbocycles. The van der Waals surface area contributed by atoms with E-state index in [0.29, 0.717) is 25.9 Å². The Labute approximate surface area is 89.9 Å². The maximum atomic E-state index is 11.5. The highest BCUT2D eigenvalue weighted by Gasteiger charge is 2.27. The van der Waals surface area contributed by atoms with Crippen molar-refractivity contribution in [3.8, 4) is 0 Å². The maximum Gasteiger partial charge on any atom is 0.237 e. The number of carbonyl (C=O) groups is 1. The van der Waals surface area contributed by atoms with Gasteiger partial charge in [-0.3, -0.25) is 4.79 Å². The zero-order valence-corrected chi connectivity index (χ0v) is 9.07. The minimum atomic E-state index is -0.467. The third-order valence-electron chi connectivity index (χ3n) is 2.56. The van der Waals surface area contributed by atoms with Crippen molar-refractivity contribution in [3.05, 3.63) is 0 Å². The van der Waals surface area contributed by atoms with Crippen molar-refractivity contribution in [1.29, 1.82) is 0 Å². The largest absolute Gasteiger partial charge is 0.392 e. The van der Waals surface area contributed by atoms with Crippen molar-refractivity contribution in [3.63, 3.8) is 0 Å².